The van der Waals surface area contributed by atoms with E-state index in [9.17, 15) is 0 Å². The molecule has 7 heteroatoms. The largest absolute Gasteiger partial charge is 0.454 e. The average molecular weight is 442 g/mol. The van der Waals surface area contributed by atoms with Crippen molar-refractivity contribution in [2.45, 2.75) is 38.4 Å². The van der Waals surface area contributed by atoms with Gasteiger partial charge in [0, 0.05) is 42.0 Å². The first-order chi connectivity index (χ1) is 16.2. The summed E-state index contributed by atoms with van der Waals surface area (Å²) in [5.74, 6) is 2.22. The van der Waals surface area contributed by atoms with E-state index in [0.717, 1.165) is 48.1 Å². The van der Waals surface area contributed by atoms with Crippen LogP contribution in [-0.2, 0) is 19.6 Å². The van der Waals surface area contributed by atoms with Gasteiger partial charge < -0.3 is 9.47 Å². The first kappa shape index (κ1) is 20.1. The normalized spacial score (nSPS) is 14.8. The van der Waals surface area contributed by atoms with Gasteiger partial charge in [-0.3, -0.25) is 14.7 Å². The maximum Gasteiger partial charge on any atom is 0.231 e. The Morgan fingerprint density at radius 3 is 2.73 bits per heavy atom. The van der Waals surface area contributed by atoms with Crippen LogP contribution in [0, 0.1) is 0 Å². The van der Waals surface area contributed by atoms with Gasteiger partial charge in [0.15, 0.2) is 11.5 Å². The van der Waals surface area contributed by atoms with Gasteiger partial charge in [0.25, 0.3) is 0 Å². The number of nitrogens with one attached hydrogen (secondary N) is 1. The number of fused-ring (bicyclic) bond motifs is 1. The monoisotopic (exact) mass is 441 g/mol. The zero-order valence-electron chi connectivity index (χ0n) is 18.7. The Labute approximate surface area is 193 Å². The van der Waals surface area contributed by atoms with Crippen molar-refractivity contribution in [2.75, 3.05) is 13.8 Å². The summed E-state index contributed by atoms with van der Waals surface area (Å²) < 4.78 is 13.1. The van der Waals surface area contributed by atoms with Gasteiger partial charge in [-0.15, -0.1) is 0 Å². The summed E-state index contributed by atoms with van der Waals surface area (Å²) in [5, 5.41) is 12.7. The molecule has 4 aromatic rings. The third-order valence-corrected chi connectivity index (χ3v) is 6.20. The lowest BCUT2D eigenvalue weighted by atomic mass is 10.1. The van der Waals surface area contributed by atoms with Gasteiger partial charge in [0.1, 0.15) is 0 Å². The van der Waals surface area contributed by atoms with Gasteiger partial charge in [-0.2, -0.15) is 10.2 Å². The highest BCUT2D eigenvalue weighted by Gasteiger charge is 2.26. The van der Waals surface area contributed by atoms with E-state index in [1.165, 1.54) is 29.7 Å². The highest BCUT2D eigenvalue weighted by molar-refractivity contribution is 5.67. The van der Waals surface area contributed by atoms with Crippen LogP contribution in [0.5, 0.6) is 11.5 Å². The number of aromatic nitrogens is 4. The molecule has 2 aliphatic rings. The fourth-order valence-electron chi connectivity index (χ4n) is 4.40. The zero-order valence-corrected chi connectivity index (χ0v) is 18.7. The van der Waals surface area contributed by atoms with E-state index in [1.807, 2.05) is 22.9 Å². The van der Waals surface area contributed by atoms with Crippen molar-refractivity contribution < 1.29 is 9.47 Å². The number of ether oxygens (including phenoxy) is 2. The highest BCUT2D eigenvalue weighted by Crippen LogP contribution is 2.39. The second kappa shape index (κ2) is 8.41. The van der Waals surface area contributed by atoms with Crippen LogP contribution >= 0.6 is 0 Å². The molecule has 0 atom stereocenters. The predicted molar refractivity (Wildman–Crippen MR) is 125 cm³/mol. The summed E-state index contributed by atoms with van der Waals surface area (Å²) in [5.41, 5.74) is 6.76. The third kappa shape index (κ3) is 4.36. The zero-order chi connectivity index (χ0) is 22.2. The van der Waals surface area contributed by atoms with Crippen LogP contribution in [0.15, 0.2) is 60.8 Å². The Hall–Kier alpha value is -3.58. The van der Waals surface area contributed by atoms with Crippen molar-refractivity contribution in [3.63, 3.8) is 0 Å². The van der Waals surface area contributed by atoms with Crippen molar-refractivity contribution in [1.29, 1.82) is 0 Å². The minimum Gasteiger partial charge on any atom is -0.454 e. The molecule has 0 amide bonds. The maximum absolute atomic E-state index is 5.61. The van der Waals surface area contributed by atoms with Crippen LogP contribution < -0.4 is 9.47 Å². The number of hydrogen-bond donors (Lipinski definition) is 1. The van der Waals surface area contributed by atoms with Crippen molar-refractivity contribution in [3.05, 3.63) is 83.3 Å². The van der Waals surface area contributed by atoms with Crippen LogP contribution in [0.25, 0.3) is 11.3 Å². The van der Waals surface area contributed by atoms with Gasteiger partial charge >= 0.3 is 0 Å². The third-order valence-electron chi connectivity index (χ3n) is 6.20. The van der Waals surface area contributed by atoms with Crippen molar-refractivity contribution >= 4 is 0 Å². The van der Waals surface area contributed by atoms with Crippen molar-refractivity contribution in [3.8, 4) is 22.8 Å². The smallest absolute Gasteiger partial charge is 0.231 e. The van der Waals surface area contributed by atoms with E-state index in [1.54, 1.807) is 0 Å². The molecule has 7 nitrogen and oxygen atoms in total. The molecule has 6 rings (SSSR count). The standard InChI is InChI=1S/C26H27N5O2/c1-30(16-22-12-23(28-27-22)19-7-8-19)14-21-15-31(13-18-5-3-2-4-6-18)29-26(21)20-9-10-24-25(11-20)33-17-32-24/h2-6,9-12,15,19H,7-8,13-14,16-17H2,1H3,(H,27,28). The van der Waals surface area contributed by atoms with E-state index >= 15 is 0 Å². The fourth-order valence-corrected chi connectivity index (χ4v) is 4.40. The fraction of sp³-hybridized carbons (Fsp3) is 0.308. The topological polar surface area (TPSA) is 68.2 Å². The maximum atomic E-state index is 5.61. The Morgan fingerprint density at radius 2 is 1.88 bits per heavy atom. The van der Waals surface area contributed by atoms with Crippen LogP contribution in [0.4, 0.5) is 0 Å². The Morgan fingerprint density at radius 1 is 1.03 bits per heavy atom. The number of nitrogens with zero attached hydrogens (tertiary/aromatic N) is 4. The number of H-pyrrole nitrogens is 1. The number of aromatic amines is 1. The number of hydrogen-bond acceptors (Lipinski definition) is 5. The van der Waals surface area contributed by atoms with E-state index < -0.39 is 0 Å². The van der Waals surface area contributed by atoms with Crippen LogP contribution in [0.2, 0.25) is 0 Å². The molecule has 168 valence electrons. The molecule has 0 bridgehead atoms. The predicted octanol–water partition coefficient (Wildman–Crippen LogP) is 4.56. The second-order valence-corrected chi connectivity index (χ2v) is 9.02. The molecule has 33 heavy (non-hydrogen) atoms. The van der Waals surface area contributed by atoms with E-state index in [4.69, 9.17) is 14.6 Å². The Balaban J connectivity index is 1.26. The molecule has 1 saturated carbocycles. The summed E-state index contributed by atoms with van der Waals surface area (Å²) >= 11 is 0. The van der Waals surface area contributed by atoms with Crippen LogP contribution in [0.1, 0.15) is 41.3 Å². The van der Waals surface area contributed by atoms with Crippen LogP contribution in [-0.4, -0.2) is 38.7 Å². The Kier molecular flexibility index (Phi) is 5.11. The number of benzene rings is 2. The molecule has 0 spiro atoms. The molecule has 0 saturated heterocycles. The molecule has 1 aliphatic carbocycles. The molecule has 1 aliphatic heterocycles. The van der Waals surface area contributed by atoms with E-state index in [-0.39, 0.29) is 6.79 Å². The summed E-state index contributed by atoms with van der Waals surface area (Å²) in [6, 6.07) is 18.7. The molecule has 2 aromatic heterocycles. The molecule has 2 aromatic carbocycles. The molecular weight excluding hydrogens is 414 g/mol. The molecule has 1 N–H and O–H groups in total. The van der Waals surface area contributed by atoms with E-state index in [0.29, 0.717) is 5.92 Å². The quantitative estimate of drug-likeness (QED) is 0.434. The lowest BCUT2D eigenvalue weighted by Gasteiger charge is -2.15. The lowest BCUT2D eigenvalue weighted by Crippen LogP contribution is -2.17. The second-order valence-electron chi connectivity index (χ2n) is 9.02. The minimum absolute atomic E-state index is 0.268. The summed E-state index contributed by atoms with van der Waals surface area (Å²) in [4.78, 5) is 2.30. The van der Waals surface area contributed by atoms with Crippen molar-refractivity contribution in [1.82, 2.24) is 24.9 Å². The highest BCUT2D eigenvalue weighted by atomic mass is 16.7. The first-order valence-corrected chi connectivity index (χ1v) is 11.4. The molecule has 1 fully saturated rings. The minimum atomic E-state index is 0.268. The van der Waals surface area contributed by atoms with Crippen LogP contribution in [0.3, 0.4) is 0 Å². The molecule has 0 radical (unpaired) electrons. The van der Waals surface area contributed by atoms with Gasteiger partial charge in [-0.25, -0.2) is 0 Å². The summed E-state index contributed by atoms with van der Waals surface area (Å²) in [6.45, 7) is 2.58. The molecule has 0 unspecified atom stereocenters. The summed E-state index contributed by atoms with van der Waals surface area (Å²) in [6.07, 6.45) is 4.69. The first-order valence-electron chi connectivity index (χ1n) is 11.4. The van der Waals surface area contributed by atoms with Crippen molar-refractivity contribution in [2.24, 2.45) is 0 Å². The Bertz CT molecular complexity index is 1260. The molecular formula is C26H27N5O2. The summed E-state index contributed by atoms with van der Waals surface area (Å²) in [7, 11) is 2.13. The molecule has 3 heterocycles. The number of rotatable bonds is 8. The van der Waals surface area contributed by atoms with E-state index in [2.05, 4.69) is 64.7 Å². The van der Waals surface area contributed by atoms with Gasteiger partial charge in [0.2, 0.25) is 6.79 Å². The SMILES string of the molecule is CN(Cc1cc(C2CC2)n[nH]1)Cc1cn(Cc2ccccc2)nc1-c1ccc2c(c1)OCO2. The lowest BCUT2D eigenvalue weighted by molar-refractivity contribution is 0.174. The van der Waals surface area contributed by atoms with Gasteiger partial charge in [-0.1, -0.05) is 30.3 Å². The van der Waals surface area contributed by atoms with Gasteiger partial charge in [0.05, 0.1) is 17.9 Å². The average Bonchev–Trinajstić information content (AvgIpc) is 3.20. The van der Waals surface area contributed by atoms with Gasteiger partial charge in [-0.05, 0) is 49.7 Å².